The maximum Gasteiger partial charge on any atom is 0.0670 e. The molecule has 0 spiro atoms. The van der Waals surface area contributed by atoms with Crippen LogP contribution < -0.4 is 5.73 Å². The largest absolute Gasteiger partial charge is 0.326 e. The second kappa shape index (κ2) is 6.12. The van der Waals surface area contributed by atoms with Gasteiger partial charge in [0.15, 0.2) is 0 Å². The van der Waals surface area contributed by atoms with Crippen LogP contribution in [0.25, 0.3) is 0 Å². The van der Waals surface area contributed by atoms with Crippen molar-refractivity contribution in [3.63, 3.8) is 0 Å². The van der Waals surface area contributed by atoms with Gasteiger partial charge in [0.1, 0.15) is 0 Å². The minimum absolute atomic E-state index is 0.128. The molecule has 0 radical (unpaired) electrons. The van der Waals surface area contributed by atoms with E-state index in [1.807, 2.05) is 12.3 Å². The molecule has 3 heteroatoms. The lowest BCUT2D eigenvalue weighted by atomic mass is 10.0. The number of pyridine rings is 1. The van der Waals surface area contributed by atoms with Crippen LogP contribution >= 0.6 is 0 Å². The fourth-order valence-corrected chi connectivity index (χ4v) is 2.71. The van der Waals surface area contributed by atoms with E-state index in [1.54, 1.807) is 0 Å². The standard InChI is InChI=1S/C14H23N3/c1-12(15)14(13-8-4-5-9-16-13)17-10-6-2-3-7-11-17/h4-5,8-9,12,14H,2-3,6-7,10-11,15H2,1H3. The van der Waals surface area contributed by atoms with E-state index >= 15 is 0 Å². The van der Waals surface area contributed by atoms with Crippen LogP contribution in [0.4, 0.5) is 0 Å². The molecular formula is C14H23N3. The Hall–Kier alpha value is -0.930. The summed E-state index contributed by atoms with van der Waals surface area (Å²) in [7, 11) is 0. The maximum atomic E-state index is 6.17. The first-order valence-electron chi connectivity index (χ1n) is 6.69. The lowest BCUT2D eigenvalue weighted by Gasteiger charge is -2.32. The van der Waals surface area contributed by atoms with E-state index in [-0.39, 0.29) is 12.1 Å². The Bertz CT molecular complexity index is 315. The summed E-state index contributed by atoms with van der Waals surface area (Å²) in [5, 5.41) is 0. The third-order valence-electron chi connectivity index (χ3n) is 3.52. The van der Waals surface area contributed by atoms with E-state index < -0.39 is 0 Å². The van der Waals surface area contributed by atoms with Crippen molar-refractivity contribution >= 4 is 0 Å². The van der Waals surface area contributed by atoms with Crippen molar-refractivity contribution in [1.29, 1.82) is 0 Å². The SMILES string of the molecule is CC(N)C(c1ccccn1)N1CCCCCC1. The molecule has 94 valence electrons. The summed E-state index contributed by atoms with van der Waals surface area (Å²) in [6, 6.07) is 6.51. The molecule has 1 saturated heterocycles. The van der Waals surface area contributed by atoms with E-state index in [1.165, 1.54) is 25.7 Å². The first kappa shape index (κ1) is 12.5. The molecule has 2 atom stereocenters. The van der Waals surface area contributed by atoms with Gasteiger partial charge in [0, 0.05) is 12.2 Å². The van der Waals surface area contributed by atoms with Crippen LogP contribution in [0.15, 0.2) is 24.4 Å². The number of likely N-dealkylation sites (tertiary alicyclic amines) is 1. The second-order valence-corrected chi connectivity index (χ2v) is 5.01. The summed E-state index contributed by atoms with van der Waals surface area (Å²) >= 11 is 0. The topological polar surface area (TPSA) is 42.1 Å². The molecule has 1 fully saturated rings. The van der Waals surface area contributed by atoms with E-state index in [4.69, 9.17) is 5.73 Å². The smallest absolute Gasteiger partial charge is 0.0670 e. The van der Waals surface area contributed by atoms with Gasteiger partial charge in [-0.2, -0.15) is 0 Å². The third-order valence-corrected chi connectivity index (χ3v) is 3.52. The first-order chi connectivity index (χ1) is 8.29. The molecule has 1 aromatic heterocycles. The monoisotopic (exact) mass is 233 g/mol. The Morgan fingerprint density at radius 3 is 2.41 bits per heavy atom. The van der Waals surface area contributed by atoms with Gasteiger partial charge >= 0.3 is 0 Å². The van der Waals surface area contributed by atoms with Crippen molar-refractivity contribution in [2.75, 3.05) is 13.1 Å². The normalized spacial score (nSPS) is 21.8. The first-order valence-corrected chi connectivity index (χ1v) is 6.69. The Morgan fingerprint density at radius 2 is 1.88 bits per heavy atom. The summed E-state index contributed by atoms with van der Waals surface area (Å²) in [6.45, 7) is 4.40. The van der Waals surface area contributed by atoms with Gasteiger partial charge in [0.05, 0.1) is 11.7 Å². The Balaban J connectivity index is 2.16. The van der Waals surface area contributed by atoms with Gasteiger partial charge in [-0.05, 0) is 45.0 Å². The molecular weight excluding hydrogens is 210 g/mol. The molecule has 3 nitrogen and oxygen atoms in total. The average molecular weight is 233 g/mol. The molecule has 2 N–H and O–H groups in total. The quantitative estimate of drug-likeness (QED) is 0.871. The average Bonchev–Trinajstić information content (AvgIpc) is 2.59. The highest BCUT2D eigenvalue weighted by atomic mass is 15.2. The lowest BCUT2D eigenvalue weighted by Crippen LogP contribution is -2.40. The number of rotatable bonds is 3. The van der Waals surface area contributed by atoms with Crippen molar-refractivity contribution in [3.8, 4) is 0 Å². The molecule has 0 bridgehead atoms. The third kappa shape index (κ3) is 3.27. The molecule has 2 unspecified atom stereocenters. The molecule has 1 aromatic rings. The van der Waals surface area contributed by atoms with Gasteiger partial charge in [0.25, 0.3) is 0 Å². The zero-order chi connectivity index (χ0) is 12.1. The van der Waals surface area contributed by atoms with Crippen molar-refractivity contribution in [1.82, 2.24) is 9.88 Å². The number of hydrogen-bond acceptors (Lipinski definition) is 3. The van der Waals surface area contributed by atoms with Gasteiger partial charge in [-0.25, -0.2) is 0 Å². The minimum atomic E-state index is 0.128. The van der Waals surface area contributed by atoms with Crippen LogP contribution in [0, 0.1) is 0 Å². The predicted molar refractivity (Wildman–Crippen MR) is 70.7 cm³/mol. The summed E-state index contributed by atoms with van der Waals surface area (Å²) in [5.74, 6) is 0. The summed E-state index contributed by atoms with van der Waals surface area (Å²) in [4.78, 5) is 7.00. The van der Waals surface area contributed by atoms with Gasteiger partial charge in [0.2, 0.25) is 0 Å². The summed E-state index contributed by atoms with van der Waals surface area (Å²) in [6.07, 6.45) is 7.14. The zero-order valence-corrected chi connectivity index (χ0v) is 10.7. The molecule has 1 aliphatic rings. The van der Waals surface area contributed by atoms with Crippen molar-refractivity contribution in [2.24, 2.45) is 5.73 Å². The molecule has 0 saturated carbocycles. The lowest BCUT2D eigenvalue weighted by molar-refractivity contribution is 0.179. The van der Waals surface area contributed by atoms with Crippen LogP contribution in [0.3, 0.4) is 0 Å². The van der Waals surface area contributed by atoms with Crippen molar-refractivity contribution in [2.45, 2.75) is 44.7 Å². The minimum Gasteiger partial charge on any atom is -0.326 e. The molecule has 1 aliphatic heterocycles. The number of nitrogens with two attached hydrogens (primary N) is 1. The number of hydrogen-bond donors (Lipinski definition) is 1. The maximum absolute atomic E-state index is 6.17. The van der Waals surface area contributed by atoms with Crippen LogP contribution in [0.5, 0.6) is 0 Å². The van der Waals surface area contributed by atoms with Gasteiger partial charge in [-0.15, -0.1) is 0 Å². The molecule has 0 aliphatic carbocycles. The van der Waals surface area contributed by atoms with Gasteiger partial charge in [-0.3, -0.25) is 9.88 Å². The fourth-order valence-electron chi connectivity index (χ4n) is 2.71. The summed E-state index contributed by atoms with van der Waals surface area (Å²) in [5.41, 5.74) is 7.28. The Kier molecular flexibility index (Phi) is 4.51. The van der Waals surface area contributed by atoms with E-state index in [9.17, 15) is 0 Å². The Morgan fingerprint density at radius 1 is 1.18 bits per heavy atom. The van der Waals surface area contributed by atoms with Crippen LogP contribution in [-0.2, 0) is 0 Å². The number of aromatic nitrogens is 1. The molecule has 17 heavy (non-hydrogen) atoms. The van der Waals surface area contributed by atoms with Gasteiger partial charge < -0.3 is 5.73 Å². The van der Waals surface area contributed by atoms with Gasteiger partial charge in [-0.1, -0.05) is 18.9 Å². The second-order valence-electron chi connectivity index (χ2n) is 5.01. The number of nitrogens with zero attached hydrogens (tertiary/aromatic N) is 2. The molecule has 2 rings (SSSR count). The van der Waals surface area contributed by atoms with E-state index in [0.717, 1.165) is 18.8 Å². The van der Waals surface area contributed by atoms with Crippen LogP contribution in [0.2, 0.25) is 0 Å². The summed E-state index contributed by atoms with van der Waals surface area (Å²) < 4.78 is 0. The van der Waals surface area contributed by atoms with Crippen molar-refractivity contribution < 1.29 is 0 Å². The highest BCUT2D eigenvalue weighted by Gasteiger charge is 2.25. The highest BCUT2D eigenvalue weighted by Crippen LogP contribution is 2.24. The Labute approximate surface area is 104 Å². The van der Waals surface area contributed by atoms with Crippen LogP contribution in [0.1, 0.15) is 44.3 Å². The molecule has 0 aromatic carbocycles. The van der Waals surface area contributed by atoms with E-state index in [0.29, 0.717) is 0 Å². The predicted octanol–water partition coefficient (Wildman–Crippen LogP) is 2.35. The molecule has 0 amide bonds. The zero-order valence-electron chi connectivity index (χ0n) is 10.7. The highest BCUT2D eigenvalue weighted by molar-refractivity contribution is 5.11. The van der Waals surface area contributed by atoms with E-state index in [2.05, 4.69) is 28.9 Å². The van der Waals surface area contributed by atoms with Crippen molar-refractivity contribution in [3.05, 3.63) is 30.1 Å². The fraction of sp³-hybridized carbons (Fsp3) is 0.643. The van der Waals surface area contributed by atoms with Crippen LogP contribution in [-0.4, -0.2) is 29.0 Å². The molecule has 2 heterocycles.